The number of rotatable bonds is 5. The fourth-order valence-corrected chi connectivity index (χ4v) is 2.86. The predicted molar refractivity (Wildman–Crippen MR) is 97.0 cm³/mol. The van der Waals surface area contributed by atoms with Crippen molar-refractivity contribution < 1.29 is 14.3 Å². The highest BCUT2D eigenvalue weighted by Crippen LogP contribution is 2.26. The van der Waals surface area contributed by atoms with Crippen LogP contribution in [0.2, 0.25) is 0 Å². The summed E-state index contributed by atoms with van der Waals surface area (Å²) in [5.41, 5.74) is 2.45. The summed E-state index contributed by atoms with van der Waals surface area (Å²) in [7, 11) is 1.60. The molecule has 0 unspecified atom stereocenters. The van der Waals surface area contributed by atoms with E-state index in [0.717, 1.165) is 17.0 Å². The number of anilines is 2. The van der Waals surface area contributed by atoms with Gasteiger partial charge in [-0.05, 0) is 29.8 Å². The molecule has 0 radical (unpaired) electrons. The van der Waals surface area contributed by atoms with Gasteiger partial charge in [-0.25, -0.2) is 0 Å². The largest absolute Gasteiger partial charge is 0.497 e. The van der Waals surface area contributed by atoms with Crippen molar-refractivity contribution in [1.82, 2.24) is 5.32 Å². The van der Waals surface area contributed by atoms with E-state index in [4.69, 9.17) is 4.74 Å². The number of benzene rings is 2. The van der Waals surface area contributed by atoms with Gasteiger partial charge in [-0.3, -0.25) is 9.59 Å². The second kappa shape index (κ2) is 7.70. The van der Waals surface area contributed by atoms with Gasteiger partial charge in [0.1, 0.15) is 5.75 Å². The lowest BCUT2D eigenvalue weighted by molar-refractivity contribution is -0.120. The van der Waals surface area contributed by atoms with E-state index in [1.807, 2.05) is 53.4 Å². The number of piperazine rings is 1. The number of ether oxygens (including phenoxy) is 1. The molecule has 130 valence electrons. The van der Waals surface area contributed by atoms with Gasteiger partial charge in [-0.2, -0.15) is 0 Å². The predicted octanol–water partition coefficient (Wildman–Crippen LogP) is 1.81. The van der Waals surface area contributed by atoms with Gasteiger partial charge in [0.25, 0.3) is 0 Å². The third-order valence-electron chi connectivity index (χ3n) is 4.06. The van der Waals surface area contributed by atoms with E-state index in [1.54, 1.807) is 7.11 Å². The molecular weight excluding hydrogens is 318 g/mol. The summed E-state index contributed by atoms with van der Waals surface area (Å²) < 4.78 is 5.19. The fraction of sp³-hybridized carbons (Fsp3) is 0.263. The van der Waals surface area contributed by atoms with Crippen molar-refractivity contribution in [2.24, 2.45) is 0 Å². The lowest BCUT2D eigenvalue weighted by Crippen LogP contribution is -2.47. The van der Waals surface area contributed by atoms with E-state index in [9.17, 15) is 9.59 Å². The topological polar surface area (TPSA) is 70.7 Å². The summed E-state index contributed by atoms with van der Waals surface area (Å²) in [6.07, 6.45) is 0.256. The van der Waals surface area contributed by atoms with E-state index in [-0.39, 0.29) is 18.2 Å². The van der Waals surface area contributed by atoms with Gasteiger partial charge in [0.05, 0.1) is 31.5 Å². The zero-order chi connectivity index (χ0) is 17.6. The Bertz CT molecular complexity index is 776. The maximum absolute atomic E-state index is 12.4. The smallest absolute Gasteiger partial charge is 0.239 e. The van der Waals surface area contributed by atoms with Gasteiger partial charge < -0.3 is 20.3 Å². The Hall–Kier alpha value is -3.02. The first-order valence-electron chi connectivity index (χ1n) is 8.19. The van der Waals surface area contributed by atoms with Crippen LogP contribution in [-0.2, 0) is 16.0 Å². The van der Waals surface area contributed by atoms with Crippen LogP contribution in [0.5, 0.6) is 5.75 Å². The summed E-state index contributed by atoms with van der Waals surface area (Å²) in [6.45, 7) is 1.61. The number of para-hydroxylation sites is 2. The first kappa shape index (κ1) is 16.8. The third-order valence-corrected chi connectivity index (χ3v) is 4.06. The minimum atomic E-state index is -0.109. The molecule has 2 aromatic carbocycles. The third kappa shape index (κ3) is 4.29. The highest BCUT2D eigenvalue weighted by molar-refractivity contribution is 5.96. The monoisotopic (exact) mass is 339 g/mol. The van der Waals surface area contributed by atoms with Gasteiger partial charge in [-0.15, -0.1) is 0 Å². The quantitative estimate of drug-likeness (QED) is 0.872. The van der Waals surface area contributed by atoms with Crippen LogP contribution in [0.3, 0.4) is 0 Å². The average molecular weight is 339 g/mol. The van der Waals surface area contributed by atoms with Gasteiger partial charge in [-0.1, -0.05) is 24.3 Å². The van der Waals surface area contributed by atoms with Crippen molar-refractivity contribution in [3.63, 3.8) is 0 Å². The van der Waals surface area contributed by atoms with E-state index in [2.05, 4.69) is 10.6 Å². The molecule has 1 saturated heterocycles. The molecule has 1 fully saturated rings. The first-order chi connectivity index (χ1) is 12.2. The summed E-state index contributed by atoms with van der Waals surface area (Å²) in [5, 5.41) is 5.76. The highest BCUT2D eigenvalue weighted by Gasteiger charge is 2.19. The molecule has 2 amide bonds. The standard InChI is InChI=1S/C19H21N3O3/c1-25-15-6-4-5-14(11-15)12-18(23)21-16-7-2-3-8-17(16)22-10-9-20-19(24)13-22/h2-8,11H,9-10,12-13H2,1H3,(H,20,24)(H,21,23). The molecule has 0 saturated carbocycles. The SMILES string of the molecule is COc1cccc(CC(=O)Nc2ccccc2N2CCNC(=O)C2)c1. The highest BCUT2D eigenvalue weighted by atomic mass is 16.5. The van der Waals surface area contributed by atoms with Crippen molar-refractivity contribution >= 4 is 23.2 Å². The Labute approximate surface area is 146 Å². The lowest BCUT2D eigenvalue weighted by Gasteiger charge is -2.30. The summed E-state index contributed by atoms with van der Waals surface area (Å²) in [6, 6.07) is 15.0. The number of nitrogens with zero attached hydrogens (tertiary/aromatic N) is 1. The molecule has 25 heavy (non-hydrogen) atoms. The molecule has 0 spiro atoms. The average Bonchev–Trinajstić information content (AvgIpc) is 2.62. The minimum absolute atomic E-state index is 0.0104. The normalized spacial score (nSPS) is 14.0. The van der Waals surface area contributed by atoms with Gasteiger partial charge >= 0.3 is 0 Å². The van der Waals surface area contributed by atoms with Gasteiger partial charge in [0, 0.05) is 13.1 Å². The van der Waals surface area contributed by atoms with Crippen molar-refractivity contribution in [2.45, 2.75) is 6.42 Å². The van der Waals surface area contributed by atoms with Gasteiger partial charge in [0.15, 0.2) is 0 Å². The Kier molecular flexibility index (Phi) is 5.18. The molecule has 1 aliphatic rings. The summed E-state index contributed by atoms with van der Waals surface area (Å²) >= 11 is 0. The zero-order valence-corrected chi connectivity index (χ0v) is 14.1. The van der Waals surface area contributed by atoms with E-state index < -0.39 is 0 Å². The number of hydrogen-bond acceptors (Lipinski definition) is 4. The number of carbonyl (C=O) groups excluding carboxylic acids is 2. The van der Waals surface area contributed by atoms with Crippen molar-refractivity contribution in [3.05, 3.63) is 54.1 Å². The molecule has 2 aromatic rings. The molecule has 2 N–H and O–H groups in total. The second-order valence-corrected chi connectivity index (χ2v) is 5.87. The zero-order valence-electron chi connectivity index (χ0n) is 14.1. The Morgan fingerprint density at radius 2 is 2.08 bits per heavy atom. The van der Waals surface area contributed by atoms with E-state index in [0.29, 0.717) is 25.3 Å². The summed E-state index contributed by atoms with van der Waals surface area (Å²) in [5.74, 6) is 0.607. The van der Waals surface area contributed by atoms with Crippen molar-refractivity contribution in [1.29, 1.82) is 0 Å². The number of amides is 2. The Morgan fingerprint density at radius 1 is 1.24 bits per heavy atom. The Balaban J connectivity index is 1.71. The van der Waals surface area contributed by atoms with Crippen molar-refractivity contribution in [2.75, 3.05) is 37.0 Å². The molecule has 6 nitrogen and oxygen atoms in total. The van der Waals surface area contributed by atoms with Crippen LogP contribution in [-0.4, -0.2) is 38.6 Å². The van der Waals surface area contributed by atoms with Crippen molar-refractivity contribution in [3.8, 4) is 5.75 Å². The van der Waals surface area contributed by atoms with Crippen LogP contribution in [0, 0.1) is 0 Å². The van der Waals surface area contributed by atoms with E-state index in [1.165, 1.54) is 0 Å². The fourth-order valence-electron chi connectivity index (χ4n) is 2.86. The number of carbonyl (C=O) groups is 2. The molecule has 1 heterocycles. The van der Waals surface area contributed by atoms with Crippen LogP contribution in [0.4, 0.5) is 11.4 Å². The molecule has 0 aromatic heterocycles. The second-order valence-electron chi connectivity index (χ2n) is 5.87. The van der Waals surface area contributed by atoms with Crippen LogP contribution in [0.1, 0.15) is 5.56 Å². The maximum atomic E-state index is 12.4. The molecule has 0 aliphatic carbocycles. The minimum Gasteiger partial charge on any atom is -0.497 e. The van der Waals surface area contributed by atoms with Crippen LogP contribution in [0.25, 0.3) is 0 Å². The van der Waals surface area contributed by atoms with Gasteiger partial charge in [0.2, 0.25) is 11.8 Å². The Morgan fingerprint density at radius 3 is 2.88 bits per heavy atom. The van der Waals surface area contributed by atoms with E-state index >= 15 is 0 Å². The molecule has 0 bridgehead atoms. The molecule has 6 heteroatoms. The first-order valence-corrected chi connectivity index (χ1v) is 8.19. The number of nitrogens with one attached hydrogen (secondary N) is 2. The maximum Gasteiger partial charge on any atom is 0.239 e. The molecule has 0 atom stereocenters. The molecule has 1 aliphatic heterocycles. The number of methoxy groups -OCH3 is 1. The van der Waals surface area contributed by atoms with Crippen LogP contribution in [0.15, 0.2) is 48.5 Å². The molecule has 3 rings (SSSR count). The molecular formula is C19H21N3O3. The number of hydrogen-bond donors (Lipinski definition) is 2. The lowest BCUT2D eigenvalue weighted by atomic mass is 10.1. The summed E-state index contributed by atoms with van der Waals surface area (Å²) in [4.78, 5) is 26.0. The van der Waals surface area contributed by atoms with Crippen LogP contribution < -0.4 is 20.3 Å². The van der Waals surface area contributed by atoms with Crippen LogP contribution >= 0.6 is 0 Å².